The largest absolute Gasteiger partial charge is 0.389 e. The highest BCUT2D eigenvalue weighted by Gasteiger charge is 2.36. The van der Waals surface area contributed by atoms with Crippen molar-refractivity contribution in [3.8, 4) is 0 Å². The molecule has 0 radical (unpaired) electrons. The van der Waals surface area contributed by atoms with E-state index >= 15 is 0 Å². The van der Waals surface area contributed by atoms with Crippen LogP contribution in [0.5, 0.6) is 0 Å². The summed E-state index contributed by atoms with van der Waals surface area (Å²) in [6, 6.07) is 11.8. The first kappa shape index (κ1) is 23.0. The first-order chi connectivity index (χ1) is 16.8. The van der Waals surface area contributed by atoms with Gasteiger partial charge in [0.15, 0.2) is 0 Å². The minimum Gasteiger partial charge on any atom is -0.389 e. The maximum atomic E-state index is 14.3. The van der Waals surface area contributed by atoms with Gasteiger partial charge in [-0.05, 0) is 37.1 Å². The van der Waals surface area contributed by atoms with Crippen LogP contribution < -0.4 is 11.1 Å². The number of benzene rings is 2. The van der Waals surface area contributed by atoms with E-state index in [1.807, 2.05) is 38.1 Å². The van der Waals surface area contributed by atoms with Gasteiger partial charge in [-0.15, -0.1) is 0 Å². The molecule has 1 aliphatic rings. The van der Waals surface area contributed by atoms with Crippen LogP contribution in [0.15, 0.2) is 54.9 Å². The molecule has 2 aromatic heterocycles. The van der Waals surface area contributed by atoms with E-state index in [4.69, 9.17) is 5.73 Å². The molecule has 1 aliphatic heterocycles. The number of aromatic nitrogens is 2. The van der Waals surface area contributed by atoms with E-state index in [2.05, 4.69) is 10.3 Å². The number of nitrogens with two attached hydrogens (primary N) is 1. The number of para-hydroxylation sites is 1. The number of amides is 2. The zero-order valence-corrected chi connectivity index (χ0v) is 19.6. The van der Waals surface area contributed by atoms with E-state index in [9.17, 15) is 19.1 Å². The Morgan fingerprint density at radius 3 is 2.43 bits per heavy atom. The van der Waals surface area contributed by atoms with E-state index < -0.39 is 29.3 Å². The molecular weight excluding hydrogens is 447 g/mol. The van der Waals surface area contributed by atoms with E-state index in [-0.39, 0.29) is 17.7 Å². The van der Waals surface area contributed by atoms with Crippen LogP contribution in [0.3, 0.4) is 0 Å². The number of carbonyl (C=O) groups excluding carboxylic acids is 2. The second-order valence-corrected chi connectivity index (χ2v) is 9.09. The summed E-state index contributed by atoms with van der Waals surface area (Å²) in [5, 5.41) is 14.8. The molecule has 1 unspecified atom stereocenters. The lowest BCUT2D eigenvalue weighted by Crippen LogP contribution is -2.51. The van der Waals surface area contributed by atoms with Crippen LogP contribution >= 0.6 is 0 Å². The molecule has 0 aliphatic carbocycles. The van der Waals surface area contributed by atoms with Crippen LogP contribution in [0.4, 0.5) is 4.39 Å². The van der Waals surface area contributed by atoms with Crippen molar-refractivity contribution in [3.05, 3.63) is 71.8 Å². The summed E-state index contributed by atoms with van der Waals surface area (Å²) in [5.41, 5.74) is 8.53. The molecular formula is C27H27FN4O3. The van der Waals surface area contributed by atoms with Gasteiger partial charge in [-0.2, -0.15) is 0 Å². The lowest BCUT2D eigenvalue weighted by atomic mass is 9.87. The molecule has 5 rings (SSSR count). The fraction of sp³-hybridized carbons (Fsp3) is 0.259. The van der Waals surface area contributed by atoms with Crippen LogP contribution in [0.2, 0.25) is 0 Å². The summed E-state index contributed by atoms with van der Waals surface area (Å²) >= 11 is 0. The van der Waals surface area contributed by atoms with Gasteiger partial charge in [-0.25, -0.2) is 4.39 Å². The summed E-state index contributed by atoms with van der Waals surface area (Å²) in [4.78, 5) is 29.2. The molecule has 0 saturated heterocycles. The smallest absolute Gasteiger partial charge is 0.259 e. The van der Waals surface area contributed by atoms with Gasteiger partial charge in [0.25, 0.3) is 11.8 Å². The Balaban J connectivity index is 1.73. The predicted molar refractivity (Wildman–Crippen MR) is 134 cm³/mol. The van der Waals surface area contributed by atoms with Gasteiger partial charge in [-0.1, -0.05) is 32.0 Å². The molecule has 0 saturated carbocycles. The summed E-state index contributed by atoms with van der Waals surface area (Å²) in [6.45, 7) is 3.94. The van der Waals surface area contributed by atoms with E-state index in [1.165, 1.54) is 12.1 Å². The molecule has 4 aromatic rings. The Bertz CT molecular complexity index is 1510. The van der Waals surface area contributed by atoms with Crippen molar-refractivity contribution < 1.29 is 19.1 Å². The molecule has 0 fully saturated rings. The number of nitrogens with one attached hydrogen (secondary N) is 2. The SMILES string of the molecule is CCC(N)(CC)C(O)Cn1cc(C2=C(c3c[nH]c4ccccc34)C(=O)NC2=O)c2ccc(F)cc21. The lowest BCUT2D eigenvalue weighted by Gasteiger charge is -2.32. The summed E-state index contributed by atoms with van der Waals surface area (Å²) < 4.78 is 16.0. The zero-order chi connectivity index (χ0) is 24.9. The molecule has 180 valence electrons. The van der Waals surface area contributed by atoms with Gasteiger partial charge in [0.2, 0.25) is 0 Å². The van der Waals surface area contributed by atoms with Crippen LogP contribution in [0, 0.1) is 5.82 Å². The second-order valence-electron chi connectivity index (χ2n) is 9.09. The van der Waals surface area contributed by atoms with Gasteiger partial charge in [0.1, 0.15) is 5.82 Å². The highest BCUT2D eigenvalue weighted by Crippen LogP contribution is 2.38. The number of halogens is 1. The molecule has 2 amide bonds. The van der Waals surface area contributed by atoms with Crippen molar-refractivity contribution in [1.82, 2.24) is 14.9 Å². The van der Waals surface area contributed by atoms with E-state index in [0.29, 0.717) is 34.9 Å². The Morgan fingerprint density at radius 2 is 1.71 bits per heavy atom. The highest BCUT2D eigenvalue weighted by atomic mass is 19.1. The van der Waals surface area contributed by atoms with Crippen molar-refractivity contribution in [3.63, 3.8) is 0 Å². The molecule has 7 nitrogen and oxygen atoms in total. The molecule has 35 heavy (non-hydrogen) atoms. The van der Waals surface area contributed by atoms with Gasteiger partial charge in [-0.3, -0.25) is 14.9 Å². The fourth-order valence-corrected chi connectivity index (χ4v) is 4.95. The average molecular weight is 475 g/mol. The quantitative estimate of drug-likeness (QED) is 0.306. The number of carbonyl (C=O) groups is 2. The number of nitrogens with zero attached hydrogens (tertiary/aromatic N) is 1. The maximum Gasteiger partial charge on any atom is 0.259 e. The molecule has 0 spiro atoms. The topological polar surface area (TPSA) is 113 Å². The average Bonchev–Trinajstić information content (AvgIpc) is 3.51. The molecule has 0 bridgehead atoms. The van der Waals surface area contributed by atoms with Crippen molar-refractivity contribution in [2.24, 2.45) is 5.73 Å². The lowest BCUT2D eigenvalue weighted by molar-refractivity contribution is -0.122. The van der Waals surface area contributed by atoms with Crippen molar-refractivity contribution in [2.45, 2.75) is 44.9 Å². The van der Waals surface area contributed by atoms with Crippen molar-refractivity contribution >= 4 is 44.8 Å². The molecule has 2 aromatic carbocycles. The molecule has 3 heterocycles. The van der Waals surface area contributed by atoms with Crippen molar-refractivity contribution in [1.29, 1.82) is 0 Å². The number of aliphatic hydroxyl groups excluding tert-OH is 1. The van der Waals surface area contributed by atoms with Crippen LogP contribution in [0.1, 0.15) is 37.8 Å². The number of rotatable bonds is 7. The Morgan fingerprint density at radius 1 is 1.03 bits per heavy atom. The zero-order valence-electron chi connectivity index (χ0n) is 19.6. The number of hydrogen-bond acceptors (Lipinski definition) is 4. The Labute approximate surface area is 201 Å². The molecule has 1 atom stereocenters. The third-order valence-corrected chi connectivity index (χ3v) is 7.25. The van der Waals surface area contributed by atoms with Gasteiger partial charge in [0.05, 0.1) is 29.3 Å². The predicted octanol–water partition coefficient (Wildman–Crippen LogP) is 3.71. The minimum atomic E-state index is -0.898. The summed E-state index contributed by atoms with van der Waals surface area (Å²) in [7, 11) is 0. The van der Waals surface area contributed by atoms with Crippen LogP contribution in [0.25, 0.3) is 33.0 Å². The summed E-state index contributed by atoms with van der Waals surface area (Å²) in [6.07, 6.45) is 3.65. The fourth-order valence-electron chi connectivity index (χ4n) is 4.95. The number of imide groups is 1. The normalized spacial score (nSPS) is 15.5. The highest BCUT2D eigenvalue weighted by molar-refractivity contribution is 6.50. The third kappa shape index (κ3) is 3.66. The Kier molecular flexibility index (Phi) is 5.57. The number of fused-ring (bicyclic) bond motifs is 2. The second kappa shape index (κ2) is 8.48. The van der Waals surface area contributed by atoms with Gasteiger partial charge < -0.3 is 20.4 Å². The van der Waals surface area contributed by atoms with E-state index in [0.717, 1.165) is 10.9 Å². The Hall–Kier alpha value is -3.75. The maximum absolute atomic E-state index is 14.3. The number of hydrogen-bond donors (Lipinski definition) is 4. The first-order valence-corrected chi connectivity index (χ1v) is 11.7. The third-order valence-electron chi connectivity index (χ3n) is 7.25. The minimum absolute atomic E-state index is 0.114. The van der Waals surface area contributed by atoms with Gasteiger partial charge in [0, 0.05) is 45.3 Å². The van der Waals surface area contributed by atoms with Crippen LogP contribution in [-0.4, -0.2) is 38.1 Å². The monoisotopic (exact) mass is 474 g/mol. The summed E-state index contributed by atoms with van der Waals surface area (Å²) in [5.74, 6) is -1.45. The van der Waals surface area contributed by atoms with Crippen molar-refractivity contribution in [2.75, 3.05) is 0 Å². The number of aliphatic hydroxyl groups is 1. The van der Waals surface area contributed by atoms with Gasteiger partial charge >= 0.3 is 0 Å². The van der Waals surface area contributed by atoms with E-state index in [1.54, 1.807) is 23.0 Å². The first-order valence-electron chi connectivity index (χ1n) is 11.7. The molecule has 8 heteroatoms. The number of H-pyrrole nitrogens is 1. The van der Waals surface area contributed by atoms with Crippen LogP contribution in [-0.2, 0) is 16.1 Å². The number of aromatic amines is 1. The molecule has 5 N–H and O–H groups in total. The standard InChI is InChI=1S/C27H27FN4O3/c1-3-27(29,4-2)22(33)14-32-13-19(17-10-9-15(28)11-21(17)32)24-23(25(34)31-26(24)35)18-12-30-20-8-6-5-7-16(18)20/h5-13,22,30,33H,3-4,14,29H2,1-2H3,(H,31,34,35).